The zero-order valence-corrected chi connectivity index (χ0v) is 10.7. The van der Waals surface area contributed by atoms with Crippen molar-refractivity contribution in [1.82, 2.24) is 5.32 Å². The molecule has 0 aromatic rings. The highest BCUT2D eigenvalue weighted by molar-refractivity contribution is 5.88. The van der Waals surface area contributed by atoms with Crippen LogP contribution in [0.2, 0.25) is 0 Å². The van der Waals surface area contributed by atoms with Gasteiger partial charge in [-0.3, -0.25) is 4.79 Å². The second-order valence-corrected chi connectivity index (χ2v) is 4.69. The molecule has 17 heavy (non-hydrogen) atoms. The smallest absolute Gasteiger partial charge is 0.329 e. The molecule has 98 valence electrons. The number of nitrogens with one attached hydrogen (secondary N) is 1. The summed E-state index contributed by atoms with van der Waals surface area (Å²) < 4.78 is 5.44. The zero-order chi connectivity index (χ0) is 13.1. The molecule has 0 bridgehead atoms. The SMILES string of the molecule is CCC1OCCC1C(=O)NC(C)(CC)C(=O)O. The fourth-order valence-electron chi connectivity index (χ4n) is 2.01. The molecule has 1 aliphatic heterocycles. The largest absolute Gasteiger partial charge is 0.480 e. The molecule has 0 radical (unpaired) electrons. The number of carbonyl (C=O) groups is 2. The Kier molecular flexibility index (Phi) is 4.51. The minimum atomic E-state index is -1.18. The number of carboxylic acid groups (broad SMARTS) is 1. The third kappa shape index (κ3) is 2.97. The zero-order valence-electron chi connectivity index (χ0n) is 10.7. The lowest BCUT2D eigenvalue weighted by Gasteiger charge is -2.27. The summed E-state index contributed by atoms with van der Waals surface area (Å²) in [6.45, 7) is 5.82. The van der Waals surface area contributed by atoms with Crippen molar-refractivity contribution < 1.29 is 19.4 Å². The molecule has 1 fully saturated rings. The molecule has 1 aliphatic rings. The van der Waals surface area contributed by atoms with Crippen LogP contribution in [0, 0.1) is 5.92 Å². The average Bonchev–Trinajstić information content (AvgIpc) is 2.76. The quantitative estimate of drug-likeness (QED) is 0.760. The van der Waals surface area contributed by atoms with E-state index in [1.54, 1.807) is 6.92 Å². The summed E-state index contributed by atoms with van der Waals surface area (Å²) >= 11 is 0. The normalized spacial score (nSPS) is 27.5. The number of ether oxygens (including phenoxy) is 1. The first-order valence-electron chi connectivity index (χ1n) is 6.11. The molecule has 5 nitrogen and oxygen atoms in total. The molecule has 0 saturated carbocycles. The molecule has 5 heteroatoms. The van der Waals surface area contributed by atoms with Crippen molar-refractivity contribution in [2.24, 2.45) is 5.92 Å². The van der Waals surface area contributed by atoms with Gasteiger partial charge in [0.25, 0.3) is 0 Å². The van der Waals surface area contributed by atoms with Crippen LogP contribution in [0.4, 0.5) is 0 Å². The average molecular weight is 243 g/mol. The number of rotatable bonds is 5. The second-order valence-electron chi connectivity index (χ2n) is 4.69. The third-order valence-corrected chi connectivity index (χ3v) is 3.53. The van der Waals surface area contributed by atoms with Crippen molar-refractivity contribution >= 4 is 11.9 Å². The van der Waals surface area contributed by atoms with Gasteiger partial charge in [0, 0.05) is 6.61 Å². The van der Waals surface area contributed by atoms with Crippen molar-refractivity contribution in [2.75, 3.05) is 6.61 Å². The number of hydrogen-bond acceptors (Lipinski definition) is 3. The van der Waals surface area contributed by atoms with E-state index in [1.165, 1.54) is 6.92 Å². The number of carboxylic acids is 1. The maximum Gasteiger partial charge on any atom is 0.329 e. The summed E-state index contributed by atoms with van der Waals surface area (Å²) in [5.74, 6) is -1.42. The van der Waals surface area contributed by atoms with E-state index < -0.39 is 11.5 Å². The minimum absolute atomic E-state index is 0.0788. The molecule has 0 aromatic heterocycles. The Morgan fingerprint density at radius 3 is 2.59 bits per heavy atom. The van der Waals surface area contributed by atoms with Gasteiger partial charge < -0.3 is 15.2 Å². The van der Waals surface area contributed by atoms with Crippen LogP contribution in [0.15, 0.2) is 0 Å². The highest BCUT2D eigenvalue weighted by Gasteiger charge is 2.39. The topological polar surface area (TPSA) is 75.6 Å². The van der Waals surface area contributed by atoms with E-state index in [0.29, 0.717) is 19.4 Å². The van der Waals surface area contributed by atoms with E-state index in [0.717, 1.165) is 6.42 Å². The number of carbonyl (C=O) groups excluding carboxylic acids is 1. The molecule has 1 amide bonds. The first-order valence-corrected chi connectivity index (χ1v) is 6.11. The van der Waals surface area contributed by atoms with Crippen LogP contribution in [-0.4, -0.2) is 35.2 Å². The Balaban J connectivity index is 2.68. The molecular formula is C12H21NO4. The maximum atomic E-state index is 12.0. The van der Waals surface area contributed by atoms with Crippen LogP contribution in [0.3, 0.4) is 0 Å². The van der Waals surface area contributed by atoms with E-state index in [4.69, 9.17) is 9.84 Å². The van der Waals surface area contributed by atoms with E-state index >= 15 is 0 Å². The van der Waals surface area contributed by atoms with Crippen molar-refractivity contribution in [3.05, 3.63) is 0 Å². The van der Waals surface area contributed by atoms with Gasteiger partial charge in [0.1, 0.15) is 5.54 Å². The molecular weight excluding hydrogens is 222 g/mol. The minimum Gasteiger partial charge on any atom is -0.480 e. The predicted octanol–water partition coefficient (Wildman–Crippen LogP) is 1.17. The van der Waals surface area contributed by atoms with Gasteiger partial charge in [-0.1, -0.05) is 13.8 Å². The summed E-state index contributed by atoms with van der Waals surface area (Å²) in [7, 11) is 0. The van der Waals surface area contributed by atoms with Crippen LogP contribution < -0.4 is 5.32 Å². The molecule has 0 spiro atoms. The second kappa shape index (κ2) is 5.49. The van der Waals surface area contributed by atoms with Gasteiger partial charge in [-0.25, -0.2) is 4.79 Å². The molecule has 0 aliphatic carbocycles. The first-order chi connectivity index (χ1) is 7.94. The van der Waals surface area contributed by atoms with Gasteiger partial charge in [0.15, 0.2) is 0 Å². The summed E-state index contributed by atoms with van der Waals surface area (Å²) in [6, 6.07) is 0. The number of hydrogen-bond donors (Lipinski definition) is 2. The van der Waals surface area contributed by atoms with Crippen LogP contribution >= 0.6 is 0 Å². The lowest BCUT2D eigenvalue weighted by molar-refractivity contribution is -0.148. The highest BCUT2D eigenvalue weighted by atomic mass is 16.5. The van der Waals surface area contributed by atoms with Crippen molar-refractivity contribution in [1.29, 1.82) is 0 Å². The van der Waals surface area contributed by atoms with Crippen LogP contribution in [0.5, 0.6) is 0 Å². The van der Waals surface area contributed by atoms with Gasteiger partial charge in [-0.05, 0) is 26.2 Å². The van der Waals surface area contributed by atoms with Crippen molar-refractivity contribution in [3.63, 3.8) is 0 Å². The Morgan fingerprint density at radius 1 is 1.47 bits per heavy atom. The van der Waals surface area contributed by atoms with E-state index in [2.05, 4.69) is 5.32 Å². The Morgan fingerprint density at radius 2 is 2.12 bits per heavy atom. The molecule has 0 aromatic carbocycles. The van der Waals surface area contributed by atoms with E-state index in [1.807, 2.05) is 6.92 Å². The monoisotopic (exact) mass is 243 g/mol. The van der Waals surface area contributed by atoms with Gasteiger partial charge >= 0.3 is 5.97 Å². The number of amides is 1. The van der Waals surface area contributed by atoms with Gasteiger partial charge in [0.05, 0.1) is 12.0 Å². The fraction of sp³-hybridized carbons (Fsp3) is 0.833. The lowest BCUT2D eigenvalue weighted by Crippen LogP contribution is -2.54. The Labute approximate surface area is 102 Å². The lowest BCUT2D eigenvalue weighted by atomic mass is 9.94. The Bertz CT molecular complexity index is 305. The molecule has 3 unspecified atom stereocenters. The van der Waals surface area contributed by atoms with Crippen LogP contribution in [0.1, 0.15) is 40.0 Å². The number of aliphatic carboxylic acids is 1. The summed E-state index contributed by atoms with van der Waals surface area (Å²) in [4.78, 5) is 23.1. The van der Waals surface area contributed by atoms with Gasteiger partial charge in [-0.15, -0.1) is 0 Å². The molecule has 1 heterocycles. The van der Waals surface area contributed by atoms with Gasteiger partial charge in [-0.2, -0.15) is 0 Å². The predicted molar refractivity (Wildman–Crippen MR) is 62.6 cm³/mol. The fourth-order valence-corrected chi connectivity index (χ4v) is 2.01. The Hall–Kier alpha value is -1.10. The van der Waals surface area contributed by atoms with Crippen molar-refractivity contribution in [3.8, 4) is 0 Å². The van der Waals surface area contributed by atoms with Crippen LogP contribution in [-0.2, 0) is 14.3 Å². The third-order valence-electron chi connectivity index (χ3n) is 3.53. The summed E-state index contributed by atoms with van der Waals surface area (Å²) in [5, 5.41) is 11.7. The maximum absolute atomic E-state index is 12.0. The highest BCUT2D eigenvalue weighted by Crippen LogP contribution is 2.24. The van der Waals surface area contributed by atoms with Crippen molar-refractivity contribution in [2.45, 2.75) is 51.7 Å². The molecule has 1 rings (SSSR count). The molecule has 1 saturated heterocycles. The van der Waals surface area contributed by atoms with E-state index in [-0.39, 0.29) is 17.9 Å². The standard InChI is InChI=1S/C12H21NO4/c1-4-9-8(6-7-17-9)10(14)13-12(3,5-2)11(15)16/h8-9H,4-7H2,1-3H3,(H,13,14)(H,15,16). The van der Waals surface area contributed by atoms with Crippen LogP contribution in [0.25, 0.3) is 0 Å². The molecule has 3 atom stereocenters. The van der Waals surface area contributed by atoms with E-state index in [9.17, 15) is 9.59 Å². The summed E-state index contributed by atoms with van der Waals surface area (Å²) in [6.07, 6.45) is 1.72. The molecule has 2 N–H and O–H groups in total. The summed E-state index contributed by atoms with van der Waals surface area (Å²) in [5.41, 5.74) is -1.18. The van der Waals surface area contributed by atoms with Gasteiger partial charge in [0.2, 0.25) is 5.91 Å². The first kappa shape index (κ1) is 14.0.